The molecule has 40 heavy (non-hydrogen) atoms. The zero-order valence-electron chi connectivity index (χ0n) is 22.4. The highest BCUT2D eigenvalue weighted by atomic mass is 19.1. The van der Waals surface area contributed by atoms with Crippen LogP contribution in [0.3, 0.4) is 0 Å². The van der Waals surface area contributed by atoms with Crippen molar-refractivity contribution in [2.75, 3.05) is 67.5 Å². The second-order valence-electron chi connectivity index (χ2n) is 9.57. The van der Waals surface area contributed by atoms with Crippen LogP contribution < -0.4 is 25.3 Å². The Bertz CT molecular complexity index is 1400. The normalized spacial score (nSPS) is 17.6. The Hall–Kier alpha value is -4.29. The zero-order chi connectivity index (χ0) is 28.2. The predicted octanol–water partition coefficient (Wildman–Crippen LogP) is 4.27. The third kappa shape index (κ3) is 5.82. The van der Waals surface area contributed by atoms with E-state index in [1.165, 1.54) is 23.5 Å². The van der Waals surface area contributed by atoms with Gasteiger partial charge in [-0.05, 0) is 37.4 Å². The number of anilines is 5. The first-order valence-electron chi connectivity index (χ1n) is 12.9. The number of piperazine rings is 1. The summed E-state index contributed by atoms with van der Waals surface area (Å²) in [5, 5.41) is 7.60. The van der Waals surface area contributed by atoms with E-state index in [0.29, 0.717) is 41.8 Å². The third-order valence-electron chi connectivity index (χ3n) is 6.97. The van der Waals surface area contributed by atoms with Gasteiger partial charge in [-0.25, -0.2) is 23.8 Å². The average molecular weight is 552 g/mol. The molecular formula is C28H31F2N7O3. The molecule has 2 saturated heterocycles. The number of hydroxylamine groups is 1. The number of hydrogen-bond acceptors (Lipinski definition) is 9. The van der Waals surface area contributed by atoms with Crippen molar-refractivity contribution in [3.63, 3.8) is 0 Å². The van der Waals surface area contributed by atoms with E-state index in [4.69, 9.17) is 9.57 Å². The van der Waals surface area contributed by atoms with Gasteiger partial charge in [0.15, 0.2) is 5.82 Å². The fourth-order valence-corrected chi connectivity index (χ4v) is 4.85. The monoisotopic (exact) mass is 551 g/mol. The number of ether oxygens (including phenoxy) is 1. The van der Waals surface area contributed by atoms with Gasteiger partial charge in [-0.2, -0.15) is 0 Å². The van der Waals surface area contributed by atoms with Gasteiger partial charge in [-0.15, -0.1) is 0 Å². The summed E-state index contributed by atoms with van der Waals surface area (Å²) in [6.45, 7) is 7.25. The number of rotatable bonds is 8. The quantitative estimate of drug-likeness (QED) is 0.398. The summed E-state index contributed by atoms with van der Waals surface area (Å²) in [4.78, 5) is 31.1. The lowest BCUT2D eigenvalue weighted by Gasteiger charge is -2.35. The van der Waals surface area contributed by atoms with Crippen molar-refractivity contribution in [3.05, 3.63) is 72.6 Å². The van der Waals surface area contributed by atoms with Crippen LogP contribution in [0.5, 0.6) is 5.75 Å². The maximum atomic E-state index is 14.6. The molecule has 3 heterocycles. The van der Waals surface area contributed by atoms with Gasteiger partial charge in [-0.1, -0.05) is 6.58 Å². The van der Waals surface area contributed by atoms with Gasteiger partial charge in [0, 0.05) is 50.3 Å². The first-order valence-corrected chi connectivity index (χ1v) is 12.9. The smallest absolute Gasteiger partial charge is 0.247 e. The van der Waals surface area contributed by atoms with Gasteiger partial charge < -0.3 is 25.2 Å². The van der Waals surface area contributed by atoms with Crippen molar-refractivity contribution < 1.29 is 23.1 Å². The predicted molar refractivity (Wildman–Crippen MR) is 149 cm³/mol. The molecule has 1 aromatic heterocycles. The van der Waals surface area contributed by atoms with E-state index in [9.17, 15) is 13.6 Å². The molecule has 2 aliphatic rings. The van der Waals surface area contributed by atoms with Gasteiger partial charge >= 0.3 is 0 Å². The lowest BCUT2D eigenvalue weighted by molar-refractivity contribution is -0.111. The SMILES string of the molecule is C=CC(=O)Nc1cc(Nc2cc(N3OCC[C@@H]3c3cc(F)ccc3F)ncn2)c(OC)cc1N1CCN(C)CC1. The van der Waals surface area contributed by atoms with Gasteiger partial charge in [0.25, 0.3) is 0 Å². The minimum absolute atomic E-state index is 0.189. The number of nitrogens with one attached hydrogen (secondary N) is 2. The number of likely N-dealkylation sites (N-methyl/N-ethyl adjacent to an activating group) is 1. The van der Waals surface area contributed by atoms with Crippen LogP contribution in [0.1, 0.15) is 18.0 Å². The summed E-state index contributed by atoms with van der Waals surface area (Å²) in [5.74, 6) is -0.0590. The molecule has 0 spiro atoms. The number of carbonyl (C=O) groups excluding carboxylic acids is 1. The molecule has 0 bridgehead atoms. The second-order valence-corrected chi connectivity index (χ2v) is 9.57. The van der Waals surface area contributed by atoms with Crippen LogP contribution in [-0.2, 0) is 9.63 Å². The van der Waals surface area contributed by atoms with E-state index in [1.54, 1.807) is 19.2 Å². The molecule has 210 valence electrons. The van der Waals surface area contributed by atoms with E-state index in [0.717, 1.165) is 44.0 Å². The van der Waals surface area contributed by atoms with Crippen LogP contribution >= 0.6 is 0 Å². The summed E-state index contributed by atoms with van der Waals surface area (Å²) in [5.41, 5.74) is 2.17. The van der Waals surface area contributed by atoms with Crippen LogP contribution in [-0.4, -0.2) is 67.7 Å². The molecular weight excluding hydrogens is 520 g/mol. The minimum Gasteiger partial charge on any atom is -0.494 e. The van der Waals surface area contributed by atoms with Gasteiger partial charge in [0.2, 0.25) is 5.91 Å². The number of aromatic nitrogens is 2. The number of amides is 1. The Morgan fingerprint density at radius 1 is 1.12 bits per heavy atom. The Labute approximate surface area is 231 Å². The number of halogens is 2. The molecule has 0 radical (unpaired) electrons. The van der Waals surface area contributed by atoms with Crippen molar-refractivity contribution >= 4 is 34.6 Å². The first-order chi connectivity index (χ1) is 19.4. The Balaban J connectivity index is 1.45. The van der Waals surface area contributed by atoms with Crippen LogP contribution in [0.25, 0.3) is 0 Å². The van der Waals surface area contributed by atoms with Crippen molar-refractivity contribution in [2.24, 2.45) is 0 Å². The molecule has 10 nitrogen and oxygen atoms in total. The largest absolute Gasteiger partial charge is 0.494 e. The van der Waals surface area contributed by atoms with Gasteiger partial charge in [-0.3, -0.25) is 9.63 Å². The molecule has 0 saturated carbocycles. The Morgan fingerprint density at radius 2 is 1.93 bits per heavy atom. The molecule has 5 rings (SSSR count). The molecule has 2 aromatic carbocycles. The van der Waals surface area contributed by atoms with E-state index in [-0.39, 0.29) is 11.5 Å². The van der Waals surface area contributed by atoms with Crippen LogP contribution in [0.4, 0.5) is 37.5 Å². The lowest BCUT2D eigenvalue weighted by Crippen LogP contribution is -2.44. The van der Waals surface area contributed by atoms with Crippen molar-refractivity contribution in [3.8, 4) is 5.75 Å². The number of carbonyl (C=O) groups is 1. The highest BCUT2D eigenvalue weighted by Gasteiger charge is 2.31. The van der Waals surface area contributed by atoms with E-state index < -0.39 is 17.7 Å². The summed E-state index contributed by atoms with van der Waals surface area (Å²) >= 11 is 0. The van der Waals surface area contributed by atoms with Crippen LogP contribution in [0.2, 0.25) is 0 Å². The summed E-state index contributed by atoms with van der Waals surface area (Å²) in [7, 11) is 3.64. The fourth-order valence-electron chi connectivity index (χ4n) is 4.85. The van der Waals surface area contributed by atoms with Gasteiger partial charge in [0.1, 0.15) is 29.5 Å². The molecule has 0 aliphatic carbocycles. The first kappa shape index (κ1) is 27.3. The molecule has 12 heteroatoms. The van der Waals surface area contributed by atoms with Crippen LogP contribution in [0.15, 0.2) is 55.4 Å². The average Bonchev–Trinajstić information content (AvgIpc) is 3.45. The summed E-state index contributed by atoms with van der Waals surface area (Å²) in [6, 6.07) is 8.11. The summed E-state index contributed by atoms with van der Waals surface area (Å²) < 4.78 is 34.1. The Kier molecular flexibility index (Phi) is 8.08. The minimum atomic E-state index is -0.559. The van der Waals surface area contributed by atoms with Gasteiger partial charge in [0.05, 0.1) is 36.8 Å². The van der Waals surface area contributed by atoms with E-state index >= 15 is 0 Å². The molecule has 2 N–H and O–H groups in total. The molecule has 1 amide bonds. The number of methoxy groups -OCH3 is 1. The highest BCUT2D eigenvalue weighted by molar-refractivity contribution is 6.02. The van der Waals surface area contributed by atoms with E-state index in [2.05, 4.69) is 44.0 Å². The second kappa shape index (κ2) is 11.8. The number of hydrogen-bond donors (Lipinski definition) is 2. The lowest BCUT2D eigenvalue weighted by atomic mass is 10.0. The zero-order valence-corrected chi connectivity index (χ0v) is 22.4. The third-order valence-corrected chi connectivity index (χ3v) is 6.97. The molecule has 1 atom stereocenters. The van der Waals surface area contributed by atoms with Crippen molar-refractivity contribution in [1.29, 1.82) is 0 Å². The molecule has 3 aromatic rings. The maximum absolute atomic E-state index is 14.6. The molecule has 0 unspecified atom stereocenters. The van der Waals surface area contributed by atoms with Crippen LogP contribution in [0, 0.1) is 11.6 Å². The Morgan fingerprint density at radius 3 is 2.67 bits per heavy atom. The highest BCUT2D eigenvalue weighted by Crippen LogP contribution is 2.40. The number of benzene rings is 2. The molecule has 2 aliphatic heterocycles. The van der Waals surface area contributed by atoms with Crippen molar-refractivity contribution in [1.82, 2.24) is 14.9 Å². The van der Waals surface area contributed by atoms with Crippen molar-refractivity contribution in [2.45, 2.75) is 12.5 Å². The molecule has 2 fully saturated rings. The fraction of sp³-hybridized carbons (Fsp3) is 0.321. The standard InChI is InChI=1S/C28H31F2N7O3/c1-4-28(38)34-21-14-22(25(39-3)15-24(21)36-10-8-35(2)9-11-36)33-26-16-27(32-17-31-26)37-23(7-12-40-37)19-13-18(29)5-6-20(19)30/h4-6,13-17,23H,1,7-12H2,2-3H3,(H,34,38)(H,31,32,33)/t23-/m1/s1. The summed E-state index contributed by atoms with van der Waals surface area (Å²) in [6.07, 6.45) is 3.03. The maximum Gasteiger partial charge on any atom is 0.247 e. The van der Waals surface area contributed by atoms with E-state index in [1.807, 2.05) is 6.07 Å². The topological polar surface area (TPSA) is 95.1 Å². The number of nitrogens with zero attached hydrogens (tertiary/aromatic N) is 5.